The van der Waals surface area contributed by atoms with Crippen LogP contribution in [0.2, 0.25) is 0 Å². The van der Waals surface area contributed by atoms with Crippen molar-refractivity contribution in [2.45, 2.75) is 32.1 Å². The first kappa shape index (κ1) is 22.1. The molecule has 1 saturated heterocycles. The molecular weight excluding hydrogens is 414 g/mol. The predicted molar refractivity (Wildman–Crippen MR) is 128 cm³/mol. The van der Waals surface area contributed by atoms with Gasteiger partial charge in [0.1, 0.15) is 11.5 Å². The molecule has 0 atom stereocenters. The lowest BCUT2D eigenvalue weighted by Crippen LogP contribution is -2.46. The quantitative estimate of drug-likeness (QED) is 0.575. The Morgan fingerprint density at radius 2 is 1.82 bits per heavy atom. The molecule has 8 heteroatoms. The first-order valence-corrected chi connectivity index (χ1v) is 12.1. The number of ketones is 1. The number of pyridine rings is 2. The molecule has 0 unspecified atom stereocenters. The highest BCUT2D eigenvalue weighted by atomic mass is 16.1. The van der Waals surface area contributed by atoms with Gasteiger partial charge in [-0.05, 0) is 56.8 Å². The monoisotopic (exact) mass is 447 g/mol. The van der Waals surface area contributed by atoms with Crippen LogP contribution in [0.3, 0.4) is 0 Å². The fourth-order valence-electron chi connectivity index (χ4n) is 5.15. The maximum Gasteiger partial charge on any atom is 0.141 e. The Labute approximate surface area is 195 Å². The highest BCUT2D eigenvalue weighted by Gasteiger charge is 2.28. The number of piperazine rings is 1. The number of rotatable bonds is 6. The normalized spacial score (nSPS) is 22.6. The molecule has 8 nitrogen and oxygen atoms in total. The summed E-state index contributed by atoms with van der Waals surface area (Å²) in [7, 11) is 4.04. The zero-order valence-corrected chi connectivity index (χ0v) is 19.7. The Morgan fingerprint density at radius 3 is 2.55 bits per heavy atom. The van der Waals surface area contributed by atoms with Gasteiger partial charge >= 0.3 is 0 Å². The van der Waals surface area contributed by atoms with Crippen molar-refractivity contribution >= 4 is 16.7 Å². The summed E-state index contributed by atoms with van der Waals surface area (Å²) in [5.74, 6) is 1.23. The van der Waals surface area contributed by atoms with E-state index in [1.165, 1.54) is 32.7 Å². The van der Waals surface area contributed by atoms with Crippen LogP contribution in [-0.4, -0.2) is 80.3 Å². The molecule has 1 aliphatic carbocycles. The van der Waals surface area contributed by atoms with Crippen LogP contribution >= 0.6 is 0 Å². The van der Waals surface area contributed by atoms with E-state index in [0.29, 0.717) is 12.2 Å². The van der Waals surface area contributed by atoms with Gasteiger partial charge in [0.25, 0.3) is 0 Å². The number of nitrogens with zero attached hydrogens (tertiary/aromatic N) is 7. The molecular formula is C25H33N7O. The minimum absolute atomic E-state index is 0.171. The Kier molecular flexibility index (Phi) is 6.46. The molecule has 1 aliphatic heterocycles. The maximum absolute atomic E-state index is 13.0. The maximum atomic E-state index is 13.0. The van der Waals surface area contributed by atoms with Crippen molar-refractivity contribution in [2.24, 2.45) is 18.9 Å². The van der Waals surface area contributed by atoms with E-state index in [4.69, 9.17) is 4.98 Å². The fraction of sp³-hybridized carbons (Fsp3) is 0.560. The summed E-state index contributed by atoms with van der Waals surface area (Å²) in [5.41, 5.74) is 3.16. The van der Waals surface area contributed by atoms with Crippen LogP contribution in [0.15, 0.2) is 30.6 Å². The number of hydrogen-bond donors (Lipinski definition) is 0. The molecule has 33 heavy (non-hydrogen) atoms. The molecule has 4 heterocycles. The van der Waals surface area contributed by atoms with Gasteiger partial charge in [-0.15, -0.1) is 5.10 Å². The third-order valence-electron chi connectivity index (χ3n) is 7.27. The smallest absolute Gasteiger partial charge is 0.141 e. The molecule has 0 bridgehead atoms. The van der Waals surface area contributed by atoms with Gasteiger partial charge in [0.15, 0.2) is 0 Å². The lowest BCUT2D eigenvalue weighted by Gasteiger charge is -2.36. The summed E-state index contributed by atoms with van der Waals surface area (Å²) in [5, 5.41) is 9.10. The number of aromatic nitrogens is 5. The van der Waals surface area contributed by atoms with Gasteiger partial charge in [-0.1, -0.05) is 5.21 Å². The highest BCUT2D eigenvalue weighted by Crippen LogP contribution is 2.31. The summed E-state index contributed by atoms with van der Waals surface area (Å²) in [6.45, 7) is 5.88. The Balaban J connectivity index is 1.18. The second-order valence-electron chi connectivity index (χ2n) is 9.81. The lowest BCUT2D eigenvalue weighted by molar-refractivity contribution is -0.123. The van der Waals surface area contributed by atoms with E-state index in [2.05, 4.69) is 32.1 Å². The highest BCUT2D eigenvalue weighted by molar-refractivity contribution is 5.85. The Hall–Kier alpha value is -2.71. The van der Waals surface area contributed by atoms with E-state index in [0.717, 1.165) is 59.6 Å². The topological polar surface area (TPSA) is 80.0 Å². The van der Waals surface area contributed by atoms with E-state index in [1.54, 1.807) is 4.68 Å². The van der Waals surface area contributed by atoms with Gasteiger partial charge in [0, 0.05) is 69.4 Å². The third-order valence-corrected chi connectivity index (χ3v) is 7.27. The molecule has 1 saturated carbocycles. The van der Waals surface area contributed by atoms with Crippen LogP contribution in [-0.2, 0) is 18.3 Å². The number of fused-ring (bicyclic) bond motifs is 1. The van der Waals surface area contributed by atoms with Crippen LogP contribution in [0.5, 0.6) is 0 Å². The molecule has 0 aromatic carbocycles. The summed E-state index contributed by atoms with van der Waals surface area (Å²) < 4.78 is 1.66. The Morgan fingerprint density at radius 1 is 1.03 bits per heavy atom. The number of Topliss-reactive ketones (excluding diaryl/α,β-unsaturated/α-hetero) is 1. The van der Waals surface area contributed by atoms with Crippen LogP contribution < -0.4 is 0 Å². The van der Waals surface area contributed by atoms with Gasteiger partial charge in [0.2, 0.25) is 0 Å². The van der Waals surface area contributed by atoms with E-state index in [1.807, 2.05) is 37.6 Å². The van der Waals surface area contributed by atoms with Crippen LogP contribution in [0.1, 0.15) is 31.4 Å². The Bertz CT molecular complexity index is 1110. The van der Waals surface area contributed by atoms with Crippen LogP contribution in [0, 0.1) is 11.8 Å². The third kappa shape index (κ3) is 5.28. The average molecular weight is 448 g/mol. The fourth-order valence-corrected chi connectivity index (χ4v) is 5.15. The molecule has 0 N–H and O–H groups in total. The first-order chi connectivity index (χ1) is 16.0. The summed E-state index contributed by atoms with van der Waals surface area (Å²) >= 11 is 0. The van der Waals surface area contributed by atoms with Crippen LogP contribution in [0.25, 0.3) is 22.3 Å². The molecule has 3 aromatic heterocycles. The number of aryl methyl sites for hydroxylation is 1. The standard InChI is InChI=1S/C25H33N7O/c1-30-9-11-32(12-10-30)16-18-3-5-19(6-4-18)25(33)14-21-13-23-20(15-26-21)7-8-22(27-23)24-17-31(2)29-28-24/h7-8,13,15,17-19H,3-6,9-12,14,16H2,1-2H3. The SMILES string of the molecule is CN1CCN(CC2CCC(C(=O)Cc3cc4nc(-c5cn(C)nn5)ccc4cn3)CC2)CC1. The number of carbonyl (C=O) groups excluding carboxylic acids is 1. The number of carbonyl (C=O) groups is 1. The molecule has 3 aromatic rings. The van der Waals surface area contributed by atoms with Crippen molar-refractivity contribution in [1.82, 2.24) is 34.8 Å². The van der Waals surface area contributed by atoms with Gasteiger partial charge in [0.05, 0.1) is 17.4 Å². The summed E-state index contributed by atoms with van der Waals surface area (Å²) in [4.78, 5) is 27.3. The lowest BCUT2D eigenvalue weighted by atomic mass is 9.79. The number of likely N-dealkylation sites (N-methyl/N-ethyl adjacent to an activating group) is 1. The minimum atomic E-state index is 0.171. The zero-order chi connectivity index (χ0) is 22.8. The van der Waals surface area contributed by atoms with Crippen LogP contribution in [0.4, 0.5) is 0 Å². The largest absolute Gasteiger partial charge is 0.304 e. The number of hydrogen-bond acceptors (Lipinski definition) is 7. The minimum Gasteiger partial charge on any atom is -0.304 e. The van der Waals surface area contributed by atoms with Crippen molar-refractivity contribution in [2.75, 3.05) is 39.8 Å². The summed E-state index contributed by atoms with van der Waals surface area (Å²) in [6.07, 6.45) is 8.41. The van der Waals surface area contributed by atoms with Crippen molar-refractivity contribution in [3.63, 3.8) is 0 Å². The van der Waals surface area contributed by atoms with E-state index < -0.39 is 0 Å². The molecule has 0 spiro atoms. The van der Waals surface area contributed by atoms with Crippen molar-refractivity contribution in [3.8, 4) is 11.4 Å². The summed E-state index contributed by atoms with van der Waals surface area (Å²) in [6, 6.07) is 5.87. The molecule has 0 radical (unpaired) electrons. The van der Waals surface area contributed by atoms with Crippen molar-refractivity contribution < 1.29 is 4.79 Å². The van der Waals surface area contributed by atoms with Gasteiger partial charge in [-0.3, -0.25) is 14.5 Å². The van der Waals surface area contributed by atoms with E-state index >= 15 is 0 Å². The molecule has 0 amide bonds. The average Bonchev–Trinajstić information content (AvgIpc) is 3.27. The molecule has 2 fully saturated rings. The first-order valence-electron chi connectivity index (χ1n) is 12.1. The van der Waals surface area contributed by atoms with Gasteiger partial charge in [-0.25, -0.2) is 4.98 Å². The molecule has 2 aliphatic rings. The van der Waals surface area contributed by atoms with E-state index in [-0.39, 0.29) is 5.92 Å². The van der Waals surface area contributed by atoms with E-state index in [9.17, 15) is 4.79 Å². The van der Waals surface area contributed by atoms with Gasteiger partial charge in [-0.2, -0.15) is 0 Å². The van der Waals surface area contributed by atoms with Gasteiger partial charge < -0.3 is 9.80 Å². The second kappa shape index (κ2) is 9.65. The molecule has 5 rings (SSSR count). The van der Waals surface area contributed by atoms with Crippen molar-refractivity contribution in [3.05, 3.63) is 36.3 Å². The zero-order valence-electron chi connectivity index (χ0n) is 19.7. The predicted octanol–water partition coefficient (Wildman–Crippen LogP) is 2.59. The molecule has 174 valence electrons. The second-order valence-corrected chi connectivity index (χ2v) is 9.81. The van der Waals surface area contributed by atoms with Crippen molar-refractivity contribution in [1.29, 1.82) is 0 Å².